The van der Waals surface area contributed by atoms with Gasteiger partial charge in [-0.3, -0.25) is 0 Å². The lowest BCUT2D eigenvalue weighted by Crippen LogP contribution is -2.11. The maximum atomic E-state index is 13.2. The standard InChI is InChI=1S/C9H10FNO2/c1-11(2)8-4-3-6(9(12)13)5-7(8)10/h3-5H,1-2H3,(H,12,13). The fourth-order valence-corrected chi connectivity index (χ4v) is 1.00. The minimum absolute atomic E-state index is 0.0388. The summed E-state index contributed by atoms with van der Waals surface area (Å²) in [4.78, 5) is 12.0. The third kappa shape index (κ3) is 1.96. The van der Waals surface area contributed by atoms with Gasteiger partial charge in [0.1, 0.15) is 5.82 Å². The smallest absolute Gasteiger partial charge is 0.335 e. The van der Waals surface area contributed by atoms with E-state index in [-0.39, 0.29) is 5.56 Å². The Morgan fingerprint density at radius 2 is 2.08 bits per heavy atom. The lowest BCUT2D eigenvalue weighted by molar-refractivity contribution is 0.0696. The Labute approximate surface area is 75.4 Å². The number of anilines is 1. The molecule has 0 heterocycles. The molecule has 0 bridgehead atoms. The van der Waals surface area contributed by atoms with Gasteiger partial charge in [-0.15, -0.1) is 0 Å². The summed E-state index contributed by atoms with van der Waals surface area (Å²) in [6, 6.07) is 3.83. The highest BCUT2D eigenvalue weighted by atomic mass is 19.1. The predicted octanol–water partition coefficient (Wildman–Crippen LogP) is 1.59. The maximum Gasteiger partial charge on any atom is 0.335 e. The highest BCUT2D eigenvalue weighted by Crippen LogP contribution is 2.17. The molecule has 0 saturated carbocycles. The zero-order valence-corrected chi connectivity index (χ0v) is 7.41. The quantitative estimate of drug-likeness (QED) is 0.756. The van der Waals surface area contributed by atoms with Gasteiger partial charge in [0.25, 0.3) is 0 Å². The molecule has 0 saturated heterocycles. The highest BCUT2D eigenvalue weighted by Gasteiger charge is 2.08. The van der Waals surface area contributed by atoms with Crippen LogP contribution in [0.2, 0.25) is 0 Å². The van der Waals surface area contributed by atoms with E-state index in [0.29, 0.717) is 5.69 Å². The molecule has 1 aromatic carbocycles. The van der Waals surface area contributed by atoms with Crippen molar-refractivity contribution in [3.8, 4) is 0 Å². The zero-order valence-electron chi connectivity index (χ0n) is 7.41. The fraction of sp³-hybridized carbons (Fsp3) is 0.222. The van der Waals surface area contributed by atoms with E-state index in [9.17, 15) is 9.18 Å². The number of rotatable bonds is 2. The SMILES string of the molecule is CN(C)c1ccc(C(=O)O)cc1F. The molecule has 1 aromatic rings. The van der Waals surface area contributed by atoms with Crippen LogP contribution in [0.3, 0.4) is 0 Å². The van der Waals surface area contributed by atoms with Crippen LogP contribution in [-0.4, -0.2) is 25.2 Å². The predicted molar refractivity (Wildman–Crippen MR) is 47.7 cm³/mol. The molecule has 0 atom stereocenters. The van der Waals surface area contributed by atoms with E-state index in [1.807, 2.05) is 0 Å². The number of hydrogen-bond acceptors (Lipinski definition) is 2. The van der Waals surface area contributed by atoms with Gasteiger partial charge < -0.3 is 10.0 Å². The molecule has 13 heavy (non-hydrogen) atoms. The molecule has 0 unspecified atom stereocenters. The Kier molecular flexibility index (Phi) is 2.51. The van der Waals surface area contributed by atoms with Crippen molar-refractivity contribution in [3.05, 3.63) is 29.6 Å². The topological polar surface area (TPSA) is 40.5 Å². The van der Waals surface area contributed by atoms with Crippen LogP contribution in [0.15, 0.2) is 18.2 Å². The van der Waals surface area contributed by atoms with Gasteiger partial charge in [0, 0.05) is 14.1 Å². The van der Waals surface area contributed by atoms with Crippen molar-refractivity contribution in [1.29, 1.82) is 0 Å². The summed E-state index contributed by atoms with van der Waals surface area (Å²) >= 11 is 0. The number of carbonyl (C=O) groups is 1. The highest BCUT2D eigenvalue weighted by molar-refractivity contribution is 5.88. The van der Waals surface area contributed by atoms with Crippen LogP contribution in [0.25, 0.3) is 0 Å². The van der Waals surface area contributed by atoms with Crippen LogP contribution in [0, 0.1) is 5.82 Å². The van der Waals surface area contributed by atoms with Crippen molar-refractivity contribution in [3.63, 3.8) is 0 Å². The summed E-state index contributed by atoms with van der Waals surface area (Å²) in [6.45, 7) is 0. The first-order chi connectivity index (χ1) is 6.02. The van der Waals surface area contributed by atoms with E-state index in [2.05, 4.69) is 0 Å². The fourth-order valence-electron chi connectivity index (χ4n) is 1.00. The second-order valence-corrected chi connectivity index (χ2v) is 2.87. The van der Waals surface area contributed by atoms with Gasteiger partial charge >= 0.3 is 5.97 Å². The number of aromatic carboxylic acids is 1. The maximum absolute atomic E-state index is 13.2. The van der Waals surface area contributed by atoms with Crippen LogP contribution < -0.4 is 4.90 Å². The van der Waals surface area contributed by atoms with E-state index < -0.39 is 11.8 Å². The molecule has 0 aliphatic rings. The Morgan fingerprint density at radius 3 is 2.46 bits per heavy atom. The lowest BCUT2D eigenvalue weighted by Gasteiger charge is -2.13. The number of hydrogen-bond donors (Lipinski definition) is 1. The summed E-state index contributed by atoms with van der Waals surface area (Å²) in [5.74, 6) is -1.64. The Hall–Kier alpha value is -1.58. The van der Waals surface area contributed by atoms with E-state index in [0.717, 1.165) is 6.07 Å². The van der Waals surface area contributed by atoms with Crippen molar-refractivity contribution < 1.29 is 14.3 Å². The Balaban J connectivity index is 3.13. The van der Waals surface area contributed by atoms with Crippen LogP contribution in [0.4, 0.5) is 10.1 Å². The first kappa shape index (κ1) is 9.51. The summed E-state index contributed by atoms with van der Waals surface area (Å²) in [5.41, 5.74) is 0.341. The van der Waals surface area contributed by atoms with E-state index in [1.165, 1.54) is 12.1 Å². The first-order valence-corrected chi connectivity index (χ1v) is 3.72. The molecule has 3 nitrogen and oxygen atoms in total. The molecule has 0 radical (unpaired) electrons. The number of halogens is 1. The molecule has 0 aromatic heterocycles. The van der Waals surface area contributed by atoms with Gasteiger partial charge in [0.05, 0.1) is 11.3 Å². The zero-order chi connectivity index (χ0) is 10.0. The monoisotopic (exact) mass is 183 g/mol. The summed E-state index contributed by atoms with van der Waals surface area (Å²) < 4.78 is 13.2. The number of benzene rings is 1. The van der Waals surface area contributed by atoms with E-state index in [1.54, 1.807) is 19.0 Å². The molecule has 0 fully saturated rings. The minimum Gasteiger partial charge on any atom is -0.478 e. The average Bonchev–Trinajstić information content (AvgIpc) is 2.03. The minimum atomic E-state index is -1.12. The van der Waals surface area contributed by atoms with Gasteiger partial charge in [-0.2, -0.15) is 0 Å². The first-order valence-electron chi connectivity index (χ1n) is 3.72. The number of carboxylic acid groups (broad SMARTS) is 1. The van der Waals surface area contributed by atoms with Gasteiger partial charge in [-0.25, -0.2) is 9.18 Å². The summed E-state index contributed by atoms with van der Waals surface area (Å²) in [7, 11) is 3.39. The van der Waals surface area contributed by atoms with Gasteiger partial charge in [0.15, 0.2) is 0 Å². The van der Waals surface area contributed by atoms with Crippen LogP contribution in [0.1, 0.15) is 10.4 Å². The van der Waals surface area contributed by atoms with Crippen molar-refractivity contribution in [2.75, 3.05) is 19.0 Å². The molecular formula is C9H10FNO2. The normalized spacial score (nSPS) is 9.77. The third-order valence-corrected chi connectivity index (χ3v) is 1.68. The van der Waals surface area contributed by atoms with Gasteiger partial charge in [-0.1, -0.05) is 0 Å². The lowest BCUT2D eigenvalue weighted by atomic mass is 10.2. The third-order valence-electron chi connectivity index (χ3n) is 1.68. The second-order valence-electron chi connectivity index (χ2n) is 2.87. The van der Waals surface area contributed by atoms with E-state index in [4.69, 9.17) is 5.11 Å². The largest absolute Gasteiger partial charge is 0.478 e. The van der Waals surface area contributed by atoms with Crippen molar-refractivity contribution >= 4 is 11.7 Å². The molecule has 0 amide bonds. The molecule has 1 rings (SSSR count). The molecule has 4 heteroatoms. The second kappa shape index (κ2) is 3.43. The molecule has 70 valence electrons. The Bertz CT molecular complexity index is 336. The summed E-state index contributed by atoms with van der Waals surface area (Å²) in [6.07, 6.45) is 0. The van der Waals surface area contributed by atoms with Crippen LogP contribution in [-0.2, 0) is 0 Å². The molecular weight excluding hydrogens is 173 g/mol. The number of carboxylic acids is 1. The van der Waals surface area contributed by atoms with E-state index >= 15 is 0 Å². The van der Waals surface area contributed by atoms with Gasteiger partial charge in [0.2, 0.25) is 0 Å². The molecule has 0 aliphatic carbocycles. The number of nitrogens with zero attached hydrogens (tertiary/aromatic N) is 1. The Morgan fingerprint density at radius 1 is 1.46 bits per heavy atom. The van der Waals surface area contributed by atoms with Crippen LogP contribution in [0.5, 0.6) is 0 Å². The average molecular weight is 183 g/mol. The van der Waals surface area contributed by atoms with Crippen molar-refractivity contribution in [2.45, 2.75) is 0 Å². The van der Waals surface area contributed by atoms with Crippen LogP contribution >= 0.6 is 0 Å². The molecule has 0 spiro atoms. The van der Waals surface area contributed by atoms with Crippen molar-refractivity contribution in [1.82, 2.24) is 0 Å². The molecule has 0 aliphatic heterocycles. The van der Waals surface area contributed by atoms with Crippen molar-refractivity contribution in [2.24, 2.45) is 0 Å². The van der Waals surface area contributed by atoms with Gasteiger partial charge in [-0.05, 0) is 18.2 Å². The molecule has 1 N–H and O–H groups in total. The summed E-state index contributed by atoms with van der Waals surface area (Å²) in [5, 5.41) is 8.56.